The van der Waals surface area contributed by atoms with Crippen LogP contribution in [-0.4, -0.2) is 21.9 Å². The van der Waals surface area contributed by atoms with Gasteiger partial charge in [0.15, 0.2) is 5.65 Å². The summed E-state index contributed by atoms with van der Waals surface area (Å²) in [5.41, 5.74) is 0.719. The highest BCUT2D eigenvalue weighted by atomic mass is 19.4. The molecule has 26 heavy (non-hydrogen) atoms. The van der Waals surface area contributed by atoms with Crippen LogP contribution >= 0.6 is 0 Å². The average molecular weight is 363 g/mol. The molecule has 0 amide bonds. The fourth-order valence-corrected chi connectivity index (χ4v) is 2.97. The number of fused-ring (bicyclic) bond motifs is 1. The van der Waals surface area contributed by atoms with Crippen LogP contribution in [0.1, 0.15) is 31.0 Å². The quantitative estimate of drug-likeness (QED) is 0.623. The number of hydrogen-bond donors (Lipinski definition) is 0. The third-order valence-corrected chi connectivity index (χ3v) is 4.27. The smallest absolute Gasteiger partial charge is 0.417 e. The van der Waals surface area contributed by atoms with Gasteiger partial charge in [0.2, 0.25) is 0 Å². The van der Waals surface area contributed by atoms with Crippen molar-refractivity contribution in [3.8, 4) is 17.0 Å². The zero-order chi connectivity index (χ0) is 18.9. The Morgan fingerprint density at radius 3 is 2.62 bits per heavy atom. The maximum absolute atomic E-state index is 13.7. The number of nitrogens with zero attached hydrogens (tertiary/aromatic N) is 3. The molecule has 3 aromatic rings. The van der Waals surface area contributed by atoms with Crippen molar-refractivity contribution in [2.45, 2.75) is 39.4 Å². The minimum absolute atomic E-state index is 0.0697. The lowest BCUT2D eigenvalue weighted by atomic mass is 10.0. The van der Waals surface area contributed by atoms with Crippen molar-refractivity contribution in [3.05, 3.63) is 41.6 Å². The van der Waals surface area contributed by atoms with Crippen LogP contribution in [0, 0.1) is 6.92 Å². The van der Waals surface area contributed by atoms with Crippen molar-refractivity contribution in [1.29, 1.82) is 0 Å². The van der Waals surface area contributed by atoms with Crippen LogP contribution in [0.5, 0.6) is 5.75 Å². The van der Waals surface area contributed by atoms with E-state index in [1.165, 1.54) is 7.11 Å². The summed E-state index contributed by atoms with van der Waals surface area (Å²) >= 11 is 0. The molecule has 0 aliphatic carbocycles. The number of alkyl halides is 3. The summed E-state index contributed by atoms with van der Waals surface area (Å²) < 4.78 is 47.9. The van der Waals surface area contributed by atoms with Crippen LogP contribution in [0.2, 0.25) is 0 Å². The number of benzene rings is 1. The highest BCUT2D eigenvalue weighted by molar-refractivity contribution is 5.85. The Bertz CT molecular complexity index is 932. The van der Waals surface area contributed by atoms with Gasteiger partial charge in [-0.1, -0.05) is 25.5 Å². The van der Waals surface area contributed by atoms with Gasteiger partial charge in [-0.2, -0.15) is 18.3 Å². The SMILES string of the molecule is CCCCn1nc(C)c2c(C(F)(F)F)cc(-c3cccc(OC)c3)nc21. The molecule has 0 radical (unpaired) electrons. The van der Waals surface area contributed by atoms with Crippen LogP contribution in [0.3, 0.4) is 0 Å². The Balaban J connectivity index is 2.27. The number of rotatable bonds is 5. The molecule has 3 rings (SSSR count). The predicted molar refractivity (Wildman–Crippen MR) is 94.2 cm³/mol. The maximum Gasteiger partial charge on any atom is 0.417 e. The first-order chi connectivity index (χ1) is 12.3. The lowest BCUT2D eigenvalue weighted by molar-refractivity contribution is -0.136. The zero-order valence-corrected chi connectivity index (χ0v) is 14.9. The number of aryl methyl sites for hydroxylation is 2. The summed E-state index contributed by atoms with van der Waals surface area (Å²) in [5.74, 6) is 0.564. The highest BCUT2D eigenvalue weighted by Gasteiger charge is 2.35. The van der Waals surface area contributed by atoms with Crippen molar-refractivity contribution in [1.82, 2.24) is 14.8 Å². The Morgan fingerprint density at radius 1 is 1.19 bits per heavy atom. The molecule has 0 saturated carbocycles. The van der Waals surface area contributed by atoms with Gasteiger partial charge < -0.3 is 4.74 Å². The molecular formula is C19H20F3N3O. The van der Waals surface area contributed by atoms with Gasteiger partial charge in [0.05, 0.1) is 29.4 Å². The third kappa shape index (κ3) is 3.38. The van der Waals surface area contributed by atoms with Crippen molar-refractivity contribution in [2.75, 3.05) is 7.11 Å². The summed E-state index contributed by atoms with van der Waals surface area (Å²) in [7, 11) is 1.51. The molecular weight excluding hydrogens is 343 g/mol. The summed E-state index contributed by atoms with van der Waals surface area (Å²) in [4.78, 5) is 4.51. The molecule has 1 aromatic carbocycles. The van der Waals surface area contributed by atoms with E-state index >= 15 is 0 Å². The van der Waals surface area contributed by atoms with Gasteiger partial charge in [0.25, 0.3) is 0 Å². The lowest BCUT2D eigenvalue weighted by Crippen LogP contribution is -2.08. The van der Waals surface area contributed by atoms with Gasteiger partial charge in [-0.25, -0.2) is 9.67 Å². The van der Waals surface area contributed by atoms with Crippen LogP contribution in [0.25, 0.3) is 22.3 Å². The first-order valence-corrected chi connectivity index (χ1v) is 8.45. The Kier molecular flexibility index (Phi) is 4.89. The van der Waals surface area contributed by atoms with Gasteiger partial charge in [0.1, 0.15) is 5.75 Å². The number of aromatic nitrogens is 3. The Hall–Kier alpha value is -2.57. The number of halogens is 3. The fraction of sp³-hybridized carbons (Fsp3) is 0.368. The van der Waals surface area contributed by atoms with E-state index < -0.39 is 11.7 Å². The number of unbranched alkanes of at least 4 members (excludes halogenated alkanes) is 1. The molecule has 0 atom stereocenters. The Labute approximate surface area is 149 Å². The molecule has 0 aliphatic rings. The second-order valence-corrected chi connectivity index (χ2v) is 6.15. The maximum atomic E-state index is 13.7. The van der Waals surface area contributed by atoms with Crippen molar-refractivity contribution < 1.29 is 17.9 Å². The van der Waals surface area contributed by atoms with Crippen LogP contribution < -0.4 is 4.74 Å². The first kappa shape index (κ1) is 18.2. The molecule has 0 fully saturated rings. The van der Waals surface area contributed by atoms with Crippen molar-refractivity contribution in [2.24, 2.45) is 0 Å². The van der Waals surface area contributed by atoms with E-state index in [9.17, 15) is 13.2 Å². The van der Waals surface area contributed by atoms with E-state index in [1.807, 2.05) is 6.92 Å². The summed E-state index contributed by atoms with van der Waals surface area (Å²) in [5, 5.41) is 4.37. The normalized spacial score (nSPS) is 11.9. The molecule has 0 unspecified atom stereocenters. The van der Waals surface area contributed by atoms with E-state index in [0.29, 0.717) is 23.6 Å². The average Bonchev–Trinajstić information content (AvgIpc) is 2.94. The largest absolute Gasteiger partial charge is 0.497 e. The number of pyridine rings is 1. The van der Waals surface area contributed by atoms with E-state index in [-0.39, 0.29) is 16.7 Å². The van der Waals surface area contributed by atoms with Crippen LogP contribution in [0.4, 0.5) is 13.2 Å². The second-order valence-electron chi connectivity index (χ2n) is 6.15. The minimum Gasteiger partial charge on any atom is -0.497 e. The molecule has 138 valence electrons. The molecule has 0 aliphatic heterocycles. The van der Waals surface area contributed by atoms with Gasteiger partial charge in [0, 0.05) is 12.1 Å². The number of methoxy groups -OCH3 is 1. The molecule has 0 bridgehead atoms. The van der Waals surface area contributed by atoms with E-state index in [0.717, 1.165) is 18.9 Å². The topological polar surface area (TPSA) is 39.9 Å². The lowest BCUT2D eigenvalue weighted by Gasteiger charge is -2.12. The molecule has 7 heteroatoms. The standard InChI is InChI=1S/C19H20F3N3O/c1-4-5-9-25-18-17(12(2)24-25)15(19(20,21)22)11-16(23-18)13-7-6-8-14(10-13)26-3/h6-8,10-11H,4-5,9H2,1-3H3. The van der Waals surface area contributed by atoms with Crippen LogP contribution in [-0.2, 0) is 12.7 Å². The monoisotopic (exact) mass is 363 g/mol. The van der Waals surface area contributed by atoms with E-state index in [1.54, 1.807) is 35.9 Å². The third-order valence-electron chi connectivity index (χ3n) is 4.27. The Morgan fingerprint density at radius 2 is 1.96 bits per heavy atom. The van der Waals surface area contributed by atoms with Gasteiger partial charge in [-0.3, -0.25) is 0 Å². The minimum atomic E-state index is -4.49. The van der Waals surface area contributed by atoms with Crippen molar-refractivity contribution in [3.63, 3.8) is 0 Å². The summed E-state index contributed by atoms with van der Waals surface area (Å²) in [6, 6.07) is 7.95. The summed E-state index contributed by atoms with van der Waals surface area (Å²) in [6.45, 7) is 4.15. The molecule has 0 saturated heterocycles. The van der Waals surface area contributed by atoms with Crippen LogP contribution in [0.15, 0.2) is 30.3 Å². The van der Waals surface area contributed by atoms with E-state index in [4.69, 9.17) is 4.74 Å². The van der Waals surface area contributed by atoms with Gasteiger partial charge in [-0.15, -0.1) is 0 Å². The molecule has 0 spiro atoms. The van der Waals surface area contributed by atoms with Gasteiger partial charge in [-0.05, 0) is 31.5 Å². The second kappa shape index (κ2) is 6.97. The van der Waals surface area contributed by atoms with Gasteiger partial charge >= 0.3 is 6.18 Å². The zero-order valence-electron chi connectivity index (χ0n) is 14.9. The molecule has 4 nitrogen and oxygen atoms in total. The number of hydrogen-bond acceptors (Lipinski definition) is 3. The van der Waals surface area contributed by atoms with Crippen molar-refractivity contribution >= 4 is 11.0 Å². The number of ether oxygens (including phenoxy) is 1. The highest BCUT2D eigenvalue weighted by Crippen LogP contribution is 2.38. The predicted octanol–water partition coefficient (Wildman–Crippen LogP) is 5.23. The summed E-state index contributed by atoms with van der Waals surface area (Å²) in [6.07, 6.45) is -2.75. The molecule has 0 N–H and O–H groups in total. The molecule has 2 aromatic heterocycles. The van der Waals surface area contributed by atoms with E-state index in [2.05, 4.69) is 10.1 Å². The molecule has 2 heterocycles. The first-order valence-electron chi connectivity index (χ1n) is 8.45. The fourth-order valence-electron chi connectivity index (χ4n) is 2.97.